The van der Waals surface area contributed by atoms with Crippen molar-refractivity contribution < 1.29 is 4.42 Å². The lowest BCUT2D eigenvalue weighted by molar-refractivity contribution is 0.669. The van der Waals surface area contributed by atoms with Crippen LogP contribution in [0.2, 0.25) is 0 Å². The van der Waals surface area contributed by atoms with Gasteiger partial charge in [0.1, 0.15) is 11.2 Å². The molecule has 8 aromatic rings. The van der Waals surface area contributed by atoms with Gasteiger partial charge in [-0.2, -0.15) is 0 Å². The van der Waals surface area contributed by atoms with Crippen LogP contribution in [0.1, 0.15) is 24.0 Å². The first-order valence-corrected chi connectivity index (χ1v) is 17.0. The lowest BCUT2D eigenvalue weighted by Gasteiger charge is -2.26. The Hall–Kier alpha value is -5.86. The molecule has 1 aliphatic rings. The SMILES string of the molecule is c1ccc(-c2ccc(N(c3ccc(-c4cccc5c4CCCC5)cc3)c3ccc4oc5ccc(-c6ccccc6)cc5c4c3)cc2)cc1. The molecule has 7 aromatic carbocycles. The van der Waals surface area contributed by atoms with Crippen molar-refractivity contribution >= 4 is 39.0 Å². The summed E-state index contributed by atoms with van der Waals surface area (Å²) in [5.74, 6) is 0. The van der Waals surface area contributed by atoms with Crippen LogP contribution in [-0.2, 0) is 12.8 Å². The highest BCUT2D eigenvalue weighted by molar-refractivity contribution is 6.08. The molecule has 0 aliphatic heterocycles. The zero-order valence-corrected chi connectivity index (χ0v) is 26.8. The third kappa shape index (κ3) is 5.16. The number of fused-ring (bicyclic) bond motifs is 4. The molecule has 0 spiro atoms. The molecular formula is C46H35NO. The zero-order chi connectivity index (χ0) is 31.9. The number of furan rings is 1. The van der Waals surface area contributed by atoms with Crippen molar-refractivity contribution in [3.8, 4) is 33.4 Å². The summed E-state index contributed by atoms with van der Waals surface area (Å²) in [4.78, 5) is 2.36. The Balaban J connectivity index is 1.16. The first-order valence-electron chi connectivity index (χ1n) is 17.0. The minimum Gasteiger partial charge on any atom is -0.456 e. The second kappa shape index (κ2) is 12.1. The molecule has 0 atom stereocenters. The van der Waals surface area contributed by atoms with E-state index in [2.05, 4.69) is 169 Å². The summed E-state index contributed by atoms with van der Waals surface area (Å²) in [7, 11) is 0. The van der Waals surface area contributed by atoms with Crippen LogP contribution in [0.5, 0.6) is 0 Å². The molecule has 1 aliphatic carbocycles. The fraction of sp³-hybridized carbons (Fsp3) is 0.0870. The average molecular weight is 618 g/mol. The van der Waals surface area contributed by atoms with Gasteiger partial charge in [0.2, 0.25) is 0 Å². The van der Waals surface area contributed by atoms with E-state index in [1.54, 1.807) is 0 Å². The molecule has 9 rings (SSSR count). The van der Waals surface area contributed by atoms with Crippen LogP contribution >= 0.6 is 0 Å². The number of anilines is 3. The summed E-state index contributed by atoms with van der Waals surface area (Å²) < 4.78 is 6.35. The molecule has 0 N–H and O–H groups in total. The molecule has 1 aromatic heterocycles. The Morgan fingerprint density at radius 3 is 1.65 bits per heavy atom. The van der Waals surface area contributed by atoms with Gasteiger partial charge >= 0.3 is 0 Å². The number of hydrogen-bond donors (Lipinski definition) is 0. The third-order valence-corrected chi connectivity index (χ3v) is 9.88. The van der Waals surface area contributed by atoms with Crippen LogP contribution in [0.15, 0.2) is 168 Å². The normalized spacial score (nSPS) is 12.7. The molecule has 0 bridgehead atoms. The summed E-state index contributed by atoms with van der Waals surface area (Å²) in [6.07, 6.45) is 4.91. The fourth-order valence-corrected chi connectivity index (χ4v) is 7.44. The van der Waals surface area contributed by atoms with Gasteiger partial charge in [-0.15, -0.1) is 0 Å². The second-order valence-electron chi connectivity index (χ2n) is 12.8. The van der Waals surface area contributed by atoms with Crippen molar-refractivity contribution in [1.29, 1.82) is 0 Å². The molecular weight excluding hydrogens is 583 g/mol. The topological polar surface area (TPSA) is 16.4 Å². The Bertz CT molecular complexity index is 2370. The second-order valence-corrected chi connectivity index (χ2v) is 12.8. The molecule has 2 nitrogen and oxygen atoms in total. The fourth-order valence-electron chi connectivity index (χ4n) is 7.44. The van der Waals surface area contributed by atoms with Crippen LogP contribution < -0.4 is 4.90 Å². The summed E-state index contributed by atoms with van der Waals surface area (Å²) >= 11 is 0. The summed E-state index contributed by atoms with van der Waals surface area (Å²) in [6.45, 7) is 0. The van der Waals surface area contributed by atoms with Gasteiger partial charge in [-0.25, -0.2) is 0 Å². The molecule has 230 valence electrons. The van der Waals surface area contributed by atoms with Gasteiger partial charge in [-0.1, -0.05) is 109 Å². The molecule has 2 heteroatoms. The van der Waals surface area contributed by atoms with Crippen molar-refractivity contribution in [1.82, 2.24) is 0 Å². The smallest absolute Gasteiger partial charge is 0.135 e. The van der Waals surface area contributed by atoms with Gasteiger partial charge in [0.25, 0.3) is 0 Å². The predicted molar refractivity (Wildman–Crippen MR) is 201 cm³/mol. The van der Waals surface area contributed by atoms with Gasteiger partial charge in [0.15, 0.2) is 0 Å². The maximum atomic E-state index is 6.35. The van der Waals surface area contributed by atoms with E-state index in [1.165, 1.54) is 63.8 Å². The monoisotopic (exact) mass is 617 g/mol. The van der Waals surface area contributed by atoms with Crippen molar-refractivity contribution in [3.63, 3.8) is 0 Å². The standard InChI is InChI=1S/C46H35NO/c1-3-10-32(11-4-1)34-18-23-38(24-19-34)47(39-25-20-36(21-26-39)42-17-9-15-35-14-7-8-16-41(35)42)40-27-29-46-44(31-40)43-30-37(22-28-45(43)48-46)33-12-5-2-6-13-33/h1-6,9-13,15,17-31H,7-8,14,16H2. The molecule has 0 saturated carbocycles. The number of aryl methyl sites for hydroxylation is 1. The first kappa shape index (κ1) is 28.4. The zero-order valence-electron chi connectivity index (χ0n) is 26.8. The lowest BCUT2D eigenvalue weighted by atomic mass is 9.86. The van der Waals surface area contributed by atoms with E-state index in [4.69, 9.17) is 4.42 Å². The Morgan fingerprint density at radius 2 is 0.938 bits per heavy atom. The average Bonchev–Trinajstić information content (AvgIpc) is 3.53. The quantitative estimate of drug-likeness (QED) is 0.185. The van der Waals surface area contributed by atoms with E-state index in [9.17, 15) is 0 Å². The van der Waals surface area contributed by atoms with E-state index in [-0.39, 0.29) is 0 Å². The third-order valence-electron chi connectivity index (χ3n) is 9.88. The lowest BCUT2D eigenvalue weighted by Crippen LogP contribution is -2.10. The van der Waals surface area contributed by atoms with Crippen molar-refractivity contribution in [2.24, 2.45) is 0 Å². The minimum absolute atomic E-state index is 0.891. The van der Waals surface area contributed by atoms with Crippen molar-refractivity contribution in [2.75, 3.05) is 4.90 Å². The minimum atomic E-state index is 0.891. The molecule has 0 saturated heterocycles. The summed E-state index contributed by atoms with van der Waals surface area (Å²) in [5, 5.41) is 2.23. The highest BCUT2D eigenvalue weighted by Gasteiger charge is 2.18. The summed E-state index contributed by atoms with van der Waals surface area (Å²) in [5.41, 5.74) is 15.6. The first-order chi connectivity index (χ1) is 23.8. The molecule has 0 fully saturated rings. The maximum Gasteiger partial charge on any atom is 0.135 e. The number of benzene rings is 7. The van der Waals surface area contributed by atoms with Crippen LogP contribution in [0.3, 0.4) is 0 Å². The Kier molecular flexibility index (Phi) is 7.13. The summed E-state index contributed by atoms with van der Waals surface area (Å²) in [6, 6.07) is 59.1. The molecule has 0 amide bonds. The van der Waals surface area contributed by atoms with Crippen molar-refractivity contribution in [3.05, 3.63) is 175 Å². The number of nitrogens with zero attached hydrogens (tertiary/aromatic N) is 1. The Morgan fingerprint density at radius 1 is 0.396 bits per heavy atom. The number of rotatable bonds is 6. The Labute approximate surface area is 281 Å². The van der Waals surface area contributed by atoms with Crippen LogP contribution in [0, 0.1) is 0 Å². The van der Waals surface area contributed by atoms with E-state index < -0.39 is 0 Å². The number of hydrogen-bond acceptors (Lipinski definition) is 2. The van der Waals surface area contributed by atoms with Crippen molar-refractivity contribution in [2.45, 2.75) is 25.7 Å². The van der Waals surface area contributed by atoms with E-state index >= 15 is 0 Å². The van der Waals surface area contributed by atoms with Gasteiger partial charge in [0, 0.05) is 27.8 Å². The van der Waals surface area contributed by atoms with E-state index in [0.717, 1.165) is 45.4 Å². The largest absolute Gasteiger partial charge is 0.456 e. The van der Waals surface area contributed by atoms with Gasteiger partial charge < -0.3 is 9.32 Å². The van der Waals surface area contributed by atoms with Gasteiger partial charge in [-0.05, 0) is 125 Å². The van der Waals surface area contributed by atoms with E-state index in [0.29, 0.717) is 0 Å². The highest BCUT2D eigenvalue weighted by Crippen LogP contribution is 2.41. The maximum absolute atomic E-state index is 6.35. The highest BCUT2D eigenvalue weighted by atomic mass is 16.3. The van der Waals surface area contributed by atoms with Gasteiger partial charge in [-0.3, -0.25) is 0 Å². The van der Waals surface area contributed by atoms with Crippen LogP contribution in [0.4, 0.5) is 17.1 Å². The molecule has 0 unspecified atom stereocenters. The molecule has 48 heavy (non-hydrogen) atoms. The molecule has 0 radical (unpaired) electrons. The van der Waals surface area contributed by atoms with Crippen LogP contribution in [0.25, 0.3) is 55.3 Å². The van der Waals surface area contributed by atoms with Gasteiger partial charge in [0.05, 0.1) is 0 Å². The molecule has 1 heterocycles. The predicted octanol–water partition coefficient (Wildman–Crippen LogP) is 12.9. The van der Waals surface area contributed by atoms with E-state index in [1.807, 2.05) is 0 Å². The van der Waals surface area contributed by atoms with Crippen LogP contribution in [-0.4, -0.2) is 0 Å².